The van der Waals surface area contributed by atoms with E-state index in [1.54, 1.807) is 0 Å². The van der Waals surface area contributed by atoms with Gasteiger partial charge in [-0.3, -0.25) is 9.67 Å². The third-order valence-electron chi connectivity index (χ3n) is 3.38. The van der Waals surface area contributed by atoms with Crippen LogP contribution in [0.4, 0.5) is 0 Å². The Hall–Kier alpha value is -0.290. The fourth-order valence-electron chi connectivity index (χ4n) is 2.69. The highest BCUT2D eigenvalue weighted by Crippen LogP contribution is 2.39. The van der Waals surface area contributed by atoms with Crippen LogP contribution in [-0.4, -0.2) is 25.8 Å². The zero-order valence-corrected chi connectivity index (χ0v) is 12.2. The van der Waals surface area contributed by atoms with Crippen LogP contribution in [-0.2, 0) is 6.42 Å². The Kier molecular flexibility index (Phi) is 4.68. The van der Waals surface area contributed by atoms with Crippen molar-refractivity contribution in [3.8, 4) is 0 Å². The summed E-state index contributed by atoms with van der Waals surface area (Å²) < 4.78 is 3.10. The van der Waals surface area contributed by atoms with Gasteiger partial charge in [0.25, 0.3) is 0 Å². The lowest BCUT2D eigenvalue weighted by Gasteiger charge is -2.21. The first-order valence-electron chi connectivity index (χ1n) is 6.55. The number of H-pyrrole nitrogens is 1. The number of aromatic amines is 1. The number of hydrogen-bond donors (Lipinski definition) is 1. The second-order valence-electron chi connectivity index (χ2n) is 4.56. The van der Waals surface area contributed by atoms with Gasteiger partial charge in [0.05, 0.1) is 0 Å². The van der Waals surface area contributed by atoms with Gasteiger partial charge in [0.2, 0.25) is 0 Å². The number of aromatic nitrogens is 3. The van der Waals surface area contributed by atoms with Crippen molar-refractivity contribution in [2.45, 2.75) is 57.2 Å². The van der Waals surface area contributed by atoms with E-state index < -0.39 is 0 Å². The first kappa shape index (κ1) is 13.1. The molecule has 0 aliphatic heterocycles. The van der Waals surface area contributed by atoms with Crippen molar-refractivity contribution in [3.63, 3.8) is 0 Å². The average molecular weight is 271 g/mol. The summed E-state index contributed by atoms with van der Waals surface area (Å²) >= 11 is 7.47. The molecule has 0 spiro atoms. The van der Waals surface area contributed by atoms with Crippen LogP contribution in [0.3, 0.4) is 0 Å². The summed E-state index contributed by atoms with van der Waals surface area (Å²) in [5.41, 5.74) is 0. The molecule has 0 bridgehead atoms. The number of aryl methyl sites for hydroxylation is 1. The van der Waals surface area contributed by atoms with Crippen LogP contribution in [0.25, 0.3) is 0 Å². The van der Waals surface area contributed by atoms with E-state index in [1.807, 2.05) is 0 Å². The smallest absolute Gasteiger partial charge is 0.195 e. The lowest BCUT2D eigenvalue weighted by Crippen LogP contribution is -2.19. The van der Waals surface area contributed by atoms with Gasteiger partial charge in [0.1, 0.15) is 5.82 Å². The zero-order chi connectivity index (χ0) is 12.3. The van der Waals surface area contributed by atoms with Crippen molar-refractivity contribution in [2.75, 3.05) is 5.75 Å². The standard InChI is InChI=1S/C12H21N3S2/c1-3-6-11-13-14-12(16)15(11)9-7-5-8-10(9)17-4-2/h9-10H,3-8H2,1-2H3,(H,14,16). The second kappa shape index (κ2) is 6.05. The van der Waals surface area contributed by atoms with Crippen LogP contribution in [0, 0.1) is 4.77 Å². The van der Waals surface area contributed by atoms with Crippen molar-refractivity contribution >= 4 is 24.0 Å². The highest BCUT2D eigenvalue weighted by Gasteiger charge is 2.30. The van der Waals surface area contributed by atoms with Crippen LogP contribution in [0.5, 0.6) is 0 Å². The van der Waals surface area contributed by atoms with Gasteiger partial charge in [-0.15, -0.1) is 0 Å². The minimum Gasteiger partial charge on any atom is -0.300 e. The fraction of sp³-hybridized carbons (Fsp3) is 0.833. The summed E-state index contributed by atoms with van der Waals surface area (Å²) in [5, 5.41) is 8.07. The van der Waals surface area contributed by atoms with Crippen molar-refractivity contribution < 1.29 is 0 Å². The predicted molar refractivity (Wildman–Crippen MR) is 76.2 cm³/mol. The molecule has 2 rings (SSSR count). The Labute approximate surface area is 112 Å². The maximum Gasteiger partial charge on any atom is 0.195 e. The molecule has 96 valence electrons. The molecular weight excluding hydrogens is 250 g/mol. The molecule has 0 amide bonds. The van der Waals surface area contributed by atoms with Crippen molar-refractivity contribution in [1.82, 2.24) is 14.8 Å². The lowest BCUT2D eigenvalue weighted by atomic mass is 10.2. The first-order valence-corrected chi connectivity index (χ1v) is 8.01. The van der Waals surface area contributed by atoms with Crippen LogP contribution < -0.4 is 0 Å². The van der Waals surface area contributed by atoms with E-state index in [9.17, 15) is 0 Å². The maximum absolute atomic E-state index is 5.40. The Morgan fingerprint density at radius 2 is 2.29 bits per heavy atom. The minimum absolute atomic E-state index is 0.563. The predicted octanol–water partition coefficient (Wildman–Crippen LogP) is 3.74. The molecule has 1 aliphatic rings. The van der Waals surface area contributed by atoms with Gasteiger partial charge in [-0.2, -0.15) is 16.9 Å². The molecule has 1 heterocycles. The van der Waals surface area contributed by atoms with E-state index in [2.05, 4.69) is 40.4 Å². The van der Waals surface area contributed by atoms with E-state index in [4.69, 9.17) is 12.2 Å². The Balaban J connectivity index is 2.25. The number of hydrogen-bond acceptors (Lipinski definition) is 3. The Morgan fingerprint density at radius 3 is 3.00 bits per heavy atom. The zero-order valence-electron chi connectivity index (χ0n) is 10.6. The fourth-order valence-corrected chi connectivity index (χ4v) is 4.22. The molecule has 1 aromatic rings. The lowest BCUT2D eigenvalue weighted by molar-refractivity contribution is 0.498. The van der Waals surface area contributed by atoms with Gasteiger partial charge in [-0.05, 0) is 37.2 Å². The molecule has 1 fully saturated rings. The van der Waals surface area contributed by atoms with Gasteiger partial charge >= 0.3 is 0 Å². The molecule has 1 saturated carbocycles. The Morgan fingerprint density at radius 1 is 1.47 bits per heavy atom. The molecule has 5 heteroatoms. The average Bonchev–Trinajstić information content (AvgIpc) is 2.87. The van der Waals surface area contributed by atoms with Crippen molar-refractivity contribution in [3.05, 3.63) is 10.6 Å². The summed E-state index contributed by atoms with van der Waals surface area (Å²) in [6.45, 7) is 4.43. The summed E-state index contributed by atoms with van der Waals surface area (Å²) in [6.07, 6.45) is 6.04. The van der Waals surface area contributed by atoms with Gasteiger partial charge in [0, 0.05) is 17.7 Å². The molecule has 1 N–H and O–H groups in total. The molecule has 2 atom stereocenters. The monoisotopic (exact) mass is 271 g/mol. The number of nitrogens with zero attached hydrogens (tertiary/aromatic N) is 2. The van der Waals surface area contributed by atoms with Gasteiger partial charge in [-0.1, -0.05) is 20.3 Å². The molecule has 17 heavy (non-hydrogen) atoms. The Bertz CT molecular complexity index is 410. The summed E-state index contributed by atoms with van der Waals surface area (Å²) in [4.78, 5) is 0. The first-order chi connectivity index (χ1) is 8.27. The van der Waals surface area contributed by atoms with Gasteiger partial charge in [0.15, 0.2) is 4.77 Å². The number of rotatable bonds is 5. The van der Waals surface area contributed by atoms with Crippen molar-refractivity contribution in [1.29, 1.82) is 0 Å². The molecule has 0 radical (unpaired) electrons. The van der Waals surface area contributed by atoms with E-state index in [1.165, 1.54) is 25.0 Å². The number of nitrogens with one attached hydrogen (secondary N) is 1. The molecule has 2 unspecified atom stereocenters. The second-order valence-corrected chi connectivity index (χ2v) is 6.46. The van der Waals surface area contributed by atoms with E-state index >= 15 is 0 Å². The van der Waals surface area contributed by atoms with E-state index in [0.29, 0.717) is 6.04 Å². The SMILES string of the molecule is CCCc1n[nH]c(=S)n1C1CCCC1SCC. The molecule has 1 aliphatic carbocycles. The van der Waals surface area contributed by atoms with Crippen molar-refractivity contribution in [2.24, 2.45) is 0 Å². The highest BCUT2D eigenvalue weighted by molar-refractivity contribution is 7.99. The molecule has 3 nitrogen and oxygen atoms in total. The molecular formula is C12H21N3S2. The maximum atomic E-state index is 5.40. The molecule has 1 aromatic heterocycles. The van der Waals surface area contributed by atoms with Crippen LogP contribution in [0.15, 0.2) is 0 Å². The van der Waals surface area contributed by atoms with Crippen LogP contribution in [0.2, 0.25) is 0 Å². The third kappa shape index (κ3) is 2.76. The third-order valence-corrected chi connectivity index (χ3v) is 4.98. The topological polar surface area (TPSA) is 33.6 Å². The quantitative estimate of drug-likeness (QED) is 0.828. The molecule has 0 saturated heterocycles. The van der Waals surface area contributed by atoms with Crippen LogP contribution >= 0.6 is 24.0 Å². The largest absolute Gasteiger partial charge is 0.300 e. The van der Waals surface area contributed by atoms with Gasteiger partial charge in [-0.25, -0.2) is 0 Å². The van der Waals surface area contributed by atoms with E-state index in [0.717, 1.165) is 28.7 Å². The summed E-state index contributed by atoms with van der Waals surface area (Å²) in [6, 6.07) is 0.563. The minimum atomic E-state index is 0.563. The van der Waals surface area contributed by atoms with Gasteiger partial charge < -0.3 is 0 Å². The summed E-state index contributed by atoms with van der Waals surface area (Å²) in [7, 11) is 0. The highest BCUT2D eigenvalue weighted by atomic mass is 32.2. The van der Waals surface area contributed by atoms with Crippen LogP contribution in [0.1, 0.15) is 51.4 Å². The number of thioether (sulfide) groups is 1. The summed E-state index contributed by atoms with van der Waals surface area (Å²) in [5.74, 6) is 2.33. The molecule has 0 aromatic carbocycles. The normalized spacial score (nSPS) is 24.4. The van der Waals surface area contributed by atoms with E-state index in [-0.39, 0.29) is 0 Å².